The average Bonchev–Trinajstić information content (AvgIpc) is 3.17. The largest absolute Gasteiger partial charge is 0.497 e. The molecule has 152 valence electrons. The summed E-state index contributed by atoms with van der Waals surface area (Å²) in [5.74, 6) is 1.09. The van der Waals surface area contributed by atoms with Crippen molar-refractivity contribution in [3.63, 3.8) is 0 Å². The molecule has 0 bridgehead atoms. The molecule has 2 aromatic rings. The van der Waals surface area contributed by atoms with Crippen LogP contribution in [0.25, 0.3) is 0 Å². The molecule has 5 nitrogen and oxygen atoms in total. The van der Waals surface area contributed by atoms with Crippen LogP contribution in [0.15, 0.2) is 47.4 Å². The van der Waals surface area contributed by atoms with E-state index in [1.165, 1.54) is 18.5 Å². The zero-order valence-electron chi connectivity index (χ0n) is 15.4. The Morgan fingerprint density at radius 1 is 1.04 bits per heavy atom. The predicted octanol–water partition coefficient (Wildman–Crippen LogP) is 4.25. The molecule has 1 heterocycles. The summed E-state index contributed by atoms with van der Waals surface area (Å²) in [6.07, 6.45) is -3.32. The molecule has 1 aliphatic rings. The molecule has 0 saturated carbocycles. The van der Waals surface area contributed by atoms with E-state index in [4.69, 9.17) is 9.47 Å². The maximum atomic E-state index is 13.1. The topological polar surface area (TPSA) is 55.8 Å². The summed E-state index contributed by atoms with van der Waals surface area (Å²) in [5.41, 5.74) is -0.228. The van der Waals surface area contributed by atoms with E-state index in [0.717, 1.165) is 24.3 Å². The number of alkyl halides is 3. The molecule has 3 rings (SSSR count). The predicted molar refractivity (Wildman–Crippen MR) is 96.9 cm³/mol. The van der Waals surface area contributed by atoms with Crippen molar-refractivity contribution in [1.82, 2.24) is 4.31 Å². The number of ether oxygens (including phenoxy) is 2. The summed E-state index contributed by atoms with van der Waals surface area (Å²) in [7, 11) is -0.967. The molecule has 0 aromatic heterocycles. The van der Waals surface area contributed by atoms with E-state index in [0.29, 0.717) is 29.9 Å². The first-order valence-electron chi connectivity index (χ1n) is 8.59. The molecule has 1 unspecified atom stereocenters. The van der Waals surface area contributed by atoms with Crippen LogP contribution < -0.4 is 9.47 Å². The summed E-state index contributed by atoms with van der Waals surface area (Å²) in [4.78, 5) is -0.172. The fraction of sp³-hybridized carbons (Fsp3) is 0.368. The highest BCUT2D eigenvalue weighted by molar-refractivity contribution is 7.89. The summed E-state index contributed by atoms with van der Waals surface area (Å²) < 4.78 is 76.4. The lowest BCUT2D eigenvalue weighted by Crippen LogP contribution is -2.31. The van der Waals surface area contributed by atoms with Crippen molar-refractivity contribution in [3.05, 3.63) is 53.6 Å². The summed E-state index contributed by atoms with van der Waals surface area (Å²) in [5, 5.41) is 0. The Morgan fingerprint density at radius 2 is 1.71 bits per heavy atom. The molecule has 9 heteroatoms. The monoisotopic (exact) mass is 415 g/mol. The fourth-order valence-electron chi connectivity index (χ4n) is 3.39. The Bertz CT molecular complexity index is 943. The van der Waals surface area contributed by atoms with Crippen LogP contribution in [0.3, 0.4) is 0 Å². The van der Waals surface area contributed by atoms with E-state index >= 15 is 0 Å². The third-order valence-electron chi connectivity index (χ3n) is 4.79. The van der Waals surface area contributed by atoms with E-state index in [2.05, 4.69) is 0 Å². The summed E-state index contributed by atoms with van der Waals surface area (Å²) >= 11 is 0. The SMILES string of the molecule is COc1ccc(OC)c(C2CCCN2S(=O)(=O)c2ccc(C(F)(F)F)cc2)c1. The second-order valence-corrected chi connectivity index (χ2v) is 8.29. The number of hydrogen-bond acceptors (Lipinski definition) is 4. The Kier molecular flexibility index (Phi) is 5.58. The normalized spacial score (nSPS) is 18.2. The van der Waals surface area contributed by atoms with Gasteiger partial charge in [-0.15, -0.1) is 0 Å². The van der Waals surface area contributed by atoms with Crippen LogP contribution in [0.4, 0.5) is 13.2 Å². The third-order valence-corrected chi connectivity index (χ3v) is 6.71. The van der Waals surface area contributed by atoms with E-state index in [1.54, 1.807) is 18.2 Å². The average molecular weight is 415 g/mol. The number of halogens is 3. The molecule has 1 atom stereocenters. The van der Waals surface area contributed by atoms with Crippen LogP contribution in [0.5, 0.6) is 11.5 Å². The first-order valence-corrected chi connectivity index (χ1v) is 10.0. The molecule has 2 aromatic carbocycles. The minimum absolute atomic E-state index is 0.172. The van der Waals surface area contributed by atoms with Crippen molar-refractivity contribution in [2.75, 3.05) is 20.8 Å². The molecule has 1 fully saturated rings. The zero-order chi connectivity index (χ0) is 20.5. The van der Waals surface area contributed by atoms with E-state index in [9.17, 15) is 21.6 Å². The van der Waals surface area contributed by atoms with Gasteiger partial charge in [-0.05, 0) is 55.3 Å². The van der Waals surface area contributed by atoms with Crippen molar-refractivity contribution < 1.29 is 31.1 Å². The van der Waals surface area contributed by atoms with Gasteiger partial charge in [0.15, 0.2) is 0 Å². The van der Waals surface area contributed by atoms with Crippen LogP contribution in [0.2, 0.25) is 0 Å². The number of sulfonamides is 1. The van der Waals surface area contributed by atoms with Gasteiger partial charge in [-0.25, -0.2) is 8.42 Å². The molecule has 0 amide bonds. The lowest BCUT2D eigenvalue weighted by atomic mass is 10.0. The number of rotatable bonds is 5. The number of benzene rings is 2. The second kappa shape index (κ2) is 7.63. The first kappa shape index (κ1) is 20.5. The quantitative estimate of drug-likeness (QED) is 0.733. The standard InChI is InChI=1S/C19H20F3NO4S/c1-26-14-7-10-18(27-2)16(12-14)17-4-3-11-23(17)28(24,25)15-8-5-13(6-9-15)19(20,21)22/h5-10,12,17H,3-4,11H2,1-2H3. The summed E-state index contributed by atoms with van der Waals surface area (Å²) in [6.45, 7) is 0.272. The van der Waals surface area contributed by atoms with E-state index < -0.39 is 27.8 Å². The molecule has 0 radical (unpaired) electrons. The van der Waals surface area contributed by atoms with Crippen molar-refractivity contribution >= 4 is 10.0 Å². The van der Waals surface area contributed by atoms with Gasteiger partial charge < -0.3 is 9.47 Å². The number of methoxy groups -OCH3 is 2. The van der Waals surface area contributed by atoms with Gasteiger partial charge in [0.05, 0.1) is 30.7 Å². The molecule has 0 aliphatic carbocycles. The highest BCUT2D eigenvalue weighted by Gasteiger charge is 2.38. The minimum Gasteiger partial charge on any atom is -0.497 e. The van der Waals surface area contributed by atoms with Gasteiger partial charge in [0.25, 0.3) is 0 Å². The van der Waals surface area contributed by atoms with Crippen LogP contribution in [-0.2, 0) is 16.2 Å². The van der Waals surface area contributed by atoms with Gasteiger partial charge in [0.1, 0.15) is 11.5 Å². The van der Waals surface area contributed by atoms with Crippen molar-refractivity contribution in [1.29, 1.82) is 0 Å². The zero-order valence-corrected chi connectivity index (χ0v) is 16.2. The summed E-state index contributed by atoms with van der Waals surface area (Å²) in [6, 6.07) is 8.21. The van der Waals surface area contributed by atoms with Gasteiger partial charge in [0.2, 0.25) is 10.0 Å². The van der Waals surface area contributed by atoms with Gasteiger partial charge in [-0.2, -0.15) is 17.5 Å². The maximum Gasteiger partial charge on any atom is 0.416 e. The Morgan fingerprint density at radius 3 is 2.29 bits per heavy atom. The van der Waals surface area contributed by atoms with Gasteiger partial charge in [-0.3, -0.25) is 0 Å². The smallest absolute Gasteiger partial charge is 0.416 e. The Labute approximate surface area is 161 Å². The molecule has 0 spiro atoms. The lowest BCUT2D eigenvalue weighted by molar-refractivity contribution is -0.137. The lowest BCUT2D eigenvalue weighted by Gasteiger charge is -2.26. The van der Waals surface area contributed by atoms with Crippen LogP contribution in [-0.4, -0.2) is 33.5 Å². The minimum atomic E-state index is -4.52. The van der Waals surface area contributed by atoms with Crippen molar-refractivity contribution in [2.45, 2.75) is 30.0 Å². The Hall–Kier alpha value is -2.26. The molecular weight excluding hydrogens is 395 g/mol. The highest BCUT2D eigenvalue weighted by Crippen LogP contribution is 2.42. The Balaban J connectivity index is 1.98. The van der Waals surface area contributed by atoms with Crippen LogP contribution in [0, 0.1) is 0 Å². The van der Waals surface area contributed by atoms with Gasteiger partial charge in [-0.1, -0.05) is 0 Å². The number of hydrogen-bond donors (Lipinski definition) is 0. The number of nitrogens with zero attached hydrogens (tertiary/aromatic N) is 1. The fourth-order valence-corrected chi connectivity index (χ4v) is 5.06. The van der Waals surface area contributed by atoms with E-state index in [1.807, 2.05) is 0 Å². The van der Waals surface area contributed by atoms with Crippen LogP contribution >= 0.6 is 0 Å². The molecule has 0 N–H and O–H groups in total. The highest BCUT2D eigenvalue weighted by atomic mass is 32.2. The second-order valence-electron chi connectivity index (χ2n) is 6.40. The maximum absolute atomic E-state index is 13.1. The first-order chi connectivity index (χ1) is 13.2. The third kappa shape index (κ3) is 3.81. The molecule has 28 heavy (non-hydrogen) atoms. The van der Waals surface area contributed by atoms with Crippen molar-refractivity contribution in [3.8, 4) is 11.5 Å². The molecular formula is C19H20F3NO4S. The van der Waals surface area contributed by atoms with Gasteiger partial charge in [0, 0.05) is 12.1 Å². The van der Waals surface area contributed by atoms with Crippen LogP contribution in [0.1, 0.15) is 30.0 Å². The molecule has 1 aliphatic heterocycles. The van der Waals surface area contributed by atoms with Crippen molar-refractivity contribution in [2.24, 2.45) is 0 Å². The van der Waals surface area contributed by atoms with E-state index in [-0.39, 0.29) is 11.4 Å². The molecule has 1 saturated heterocycles. The van der Waals surface area contributed by atoms with Gasteiger partial charge >= 0.3 is 6.18 Å².